The van der Waals surface area contributed by atoms with Gasteiger partial charge in [-0.25, -0.2) is 0 Å². The first-order chi connectivity index (χ1) is 36.4. The van der Waals surface area contributed by atoms with Crippen LogP contribution in [0.5, 0.6) is 11.5 Å². The van der Waals surface area contributed by atoms with Crippen LogP contribution in [0.2, 0.25) is 0 Å². The molecule has 8 N–H and O–H groups in total. The van der Waals surface area contributed by atoms with E-state index < -0.39 is 47.6 Å². The number of carbonyl (C=O) groups excluding carboxylic acids is 2. The number of aliphatic hydroxyl groups is 3. The van der Waals surface area contributed by atoms with Gasteiger partial charge in [0.15, 0.2) is 29.2 Å². The Morgan fingerprint density at radius 2 is 1.65 bits per heavy atom. The third-order valence-corrected chi connectivity index (χ3v) is 17.8. The van der Waals surface area contributed by atoms with E-state index >= 15 is 4.79 Å². The van der Waals surface area contributed by atoms with Gasteiger partial charge in [0.2, 0.25) is 0 Å². The maximum Gasteiger partial charge on any atom is 0.173 e. The molecule has 3 heterocycles. The van der Waals surface area contributed by atoms with Gasteiger partial charge in [-0.15, -0.1) is 0 Å². The smallest absolute Gasteiger partial charge is 0.173 e. The number of hydrogen-bond donors (Lipinski definition) is 8. The van der Waals surface area contributed by atoms with E-state index in [1.165, 1.54) is 12.7 Å². The summed E-state index contributed by atoms with van der Waals surface area (Å²) in [6.07, 6.45) is 12.0. The molecule has 2 aliphatic heterocycles. The summed E-state index contributed by atoms with van der Waals surface area (Å²) in [7, 11) is 1.49. The second-order valence-corrected chi connectivity index (χ2v) is 22.6. The fourth-order valence-electron chi connectivity index (χ4n) is 13.8. The van der Waals surface area contributed by atoms with Crippen molar-refractivity contribution in [1.82, 2.24) is 15.6 Å². The first kappa shape index (κ1) is 52.3. The summed E-state index contributed by atoms with van der Waals surface area (Å²) >= 11 is 0. The summed E-state index contributed by atoms with van der Waals surface area (Å²) in [5.41, 5.74) is 7.55. The number of benzene rings is 4. The number of anilines is 1. The lowest BCUT2D eigenvalue weighted by molar-refractivity contribution is -0.142. The van der Waals surface area contributed by atoms with Crippen molar-refractivity contribution in [3.05, 3.63) is 148 Å². The highest BCUT2D eigenvalue weighted by molar-refractivity contribution is 6.06. The second kappa shape index (κ2) is 23.0. The Kier molecular flexibility index (Phi) is 16.0. The molecule has 0 saturated heterocycles. The number of nitrogens with one attached hydrogen (secondary N) is 4. The first-order valence-electron chi connectivity index (χ1n) is 27.8. The van der Waals surface area contributed by atoms with Gasteiger partial charge in [0.1, 0.15) is 5.82 Å². The molecule has 9 bridgehead atoms. The van der Waals surface area contributed by atoms with E-state index in [-0.39, 0.29) is 53.4 Å². The highest BCUT2D eigenvalue weighted by atomic mass is 16.5. The number of aromatic amines is 1. The molecule has 0 amide bonds. The second-order valence-electron chi connectivity index (χ2n) is 22.6. The zero-order valence-electron chi connectivity index (χ0n) is 43.9. The van der Waals surface area contributed by atoms with Crippen LogP contribution in [-0.4, -0.2) is 82.0 Å². The number of ether oxygens (including phenoxy) is 1. The van der Waals surface area contributed by atoms with E-state index in [9.17, 15) is 25.2 Å². The Balaban J connectivity index is 1.11. The third kappa shape index (κ3) is 11.4. The lowest BCUT2D eigenvalue weighted by atomic mass is 9.62. The molecule has 11 nitrogen and oxygen atoms in total. The van der Waals surface area contributed by atoms with E-state index in [4.69, 9.17) is 4.74 Å². The predicted molar refractivity (Wildman–Crippen MR) is 295 cm³/mol. The highest BCUT2D eigenvalue weighted by Crippen LogP contribution is 2.58. The molecule has 3 aliphatic carbocycles. The number of aromatic hydroxyl groups is 1. The van der Waals surface area contributed by atoms with Gasteiger partial charge in [0, 0.05) is 61.9 Å². The standard InChI is InChI=1S/C64H76N4O7/c1-4-10-54-46-28-49(27-43-16-19-53(42-11-6-5-7-12-42)55-35-59(72)60(75-3)32-44(55)17-20-57(70)63(74)62(73)56(43)31-46)64(22-8-9-23-64)48-21-24-66-61(33-48)68-50-18-15-41-14-13-40(25-45(41)29-50)26-52(69)38-65-36-39(2)47-30-51(67-37-47)34-58(54)71/h5-7,11-15,18,21,25,29-30,32-33,35,37,39,43,46,49,52-54,56,58,63,65-69,71-72,74H,4,8-10,17,20,22-24,26-28,31,34,36,38H2,1-3H3/t39-,43-,46+,49+,52+,53-,54+,56-,58+,63+/m0/s1. The summed E-state index contributed by atoms with van der Waals surface area (Å²) in [6.45, 7) is 6.10. The molecule has 1 spiro atoms. The van der Waals surface area contributed by atoms with E-state index in [1.54, 1.807) is 12.1 Å². The van der Waals surface area contributed by atoms with Crippen molar-refractivity contribution in [2.75, 3.05) is 32.1 Å². The molecule has 10 atom stereocenters. The minimum absolute atomic E-state index is 0.0265. The SMILES string of the molecule is CCC[C@@H]1[C@@H]2C[C@@H](C[C@@H]3C#C[C@@H](c4ccccc4)c4cc(O)c(OC)cc4CCC(=O)[C@@H](O)C(=O)[C@H]3C2)C2(CCCC2)C2=CCNC(=C2)Nc2ccc3ccc(cc3c2)C[C@@H](O)CNC[C@H](C)c2c[nH]c(c2)C[C@H]1O. The van der Waals surface area contributed by atoms with Crippen LogP contribution in [0.25, 0.3) is 10.8 Å². The van der Waals surface area contributed by atoms with Crippen LogP contribution in [-0.2, 0) is 28.9 Å². The number of aryl methyl sites for hydroxylation is 1. The maximum atomic E-state index is 15.3. The molecular formula is C64H76N4O7. The number of phenolic OH excluding ortho intramolecular Hbond substituents is 1. The number of hydrogen-bond acceptors (Lipinski definition) is 10. The summed E-state index contributed by atoms with van der Waals surface area (Å²) in [6, 6.07) is 28.5. The van der Waals surface area contributed by atoms with Crippen LogP contribution in [0.15, 0.2) is 115 Å². The van der Waals surface area contributed by atoms with E-state index in [1.807, 2.05) is 36.5 Å². The van der Waals surface area contributed by atoms with Crippen molar-refractivity contribution in [2.45, 2.75) is 127 Å². The van der Waals surface area contributed by atoms with Crippen molar-refractivity contribution >= 4 is 28.0 Å². The number of Topliss-reactive ketones (excluding diaryl/α,β-unsaturated/α-hetero) is 2. The molecule has 0 unspecified atom stereocenters. The third-order valence-electron chi connectivity index (χ3n) is 17.8. The average molecular weight is 1010 g/mol. The monoisotopic (exact) mass is 1010 g/mol. The largest absolute Gasteiger partial charge is 0.504 e. The Bertz CT molecular complexity index is 2980. The fraction of sp³-hybridized carbons (Fsp3) is 0.469. The van der Waals surface area contributed by atoms with Gasteiger partial charge in [-0.2, -0.15) is 0 Å². The van der Waals surface area contributed by atoms with E-state index in [2.05, 4.69) is 101 Å². The van der Waals surface area contributed by atoms with Crippen LogP contribution in [0.4, 0.5) is 5.69 Å². The fourth-order valence-corrected chi connectivity index (χ4v) is 13.8. The molecule has 2 saturated carbocycles. The number of carbonyl (C=O) groups is 2. The predicted octanol–water partition coefficient (Wildman–Crippen LogP) is 9.78. The lowest BCUT2D eigenvalue weighted by Gasteiger charge is -2.43. The Morgan fingerprint density at radius 1 is 0.840 bits per heavy atom. The van der Waals surface area contributed by atoms with E-state index in [0.29, 0.717) is 45.3 Å². The lowest BCUT2D eigenvalue weighted by Crippen LogP contribution is -2.40. The summed E-state index contributed by atoms with van der Waals surface area (Å²) in [5.74, 6) is 5.73. The number of aliphatic hydroxyl groups excluding tert-OH is 3. The maximum absolute atomic E-state index is 15.3. The van der Waals surface area contributed by atoms with Gasteiger partial charge in [-0.3, -0.25) is 9.59 Å². The van der Waals surface area contributed by atoms with Crippen molar-refractivity contribution in [1.29, 1.82) is 0 Å². The molecule has 5 aromatic rings. The molecule has 2 fully saturated rings. The van der Waals surface area contributed by atoms with Gasteiger partial charge in [0.25, 0.3) is 0 Å². The number of ketones is 2. The normalized spacial score (nSPS) is 28.6. The van der Waals surface area contributed by atoms with Gasteiger partial charge >= 0.3 is 0 Å². The molecule has 5 aliphatic rings. The van der Waals surface area contributed by atoms with Gasteiger partial charge < -0.3 is 46.1 Å². The van der Waals surface area contributed by atoms with Crippen molar-refractivity contribution in [3.63, 3.8) is 0 Å². The van der Waals surface area contributed by atoms with Gasteiger partial charge in [0.05, 0.1) is 25.2 Å². The number of β-amino-alcohol motifs (C(OH)–C–C–N with tert-alkyl or cyclic N) is 1. The molecule has 10 rings (SSSR count). The van der Waals surface area contributed by atoms with Gasteiger partial charge in [-0.1, -0.05) is 106 Å². The minimum atomic E-state index is -1.82. The highest BCUT2D eigenvalue weighted by Gasteiger charge is 2.51. The Labute approximate surface area is 442 Å². The van der Waals surface area contributed by atoms with Crippen LogP contribution >= 0.6 is 0 Å². The summed E-state index contributed by atoms with van der Waals surface area (Å²) in [5, 5.41) is 60.2. The number of H-pyrrole nitrogens is 1. The van der Waals surface area contributed by atoms with Crippen LogP contribution in [0, 0.1) is 46.8 Å². The summed E-state index contributed by atoms with van der Waals surface area (Å²) < 4.78 is 5.55. The molecule has 11 heteroatoms. The van der Waals surface area contributed by atoms with Crippen molar-refractivity contribution in [2.24, 2.45) is 35.0 Å². The molecule has 4 aromatic carbocycles. The topological polar surface area (TPSA) is 176 Å². The van der Waals surface area contributed by atoms with Crippen molar-refractivity contribution < 1.29 is 34.8 Å². The molecule has 0 radical (unpaired) electrons. The number of phenols is 1. The Morgan fingerprint density at radius 3 is 2.45 bits per heavy atom. The van der Waals surface area contributed by atoms with Crippen LogP contribution in [0.3, 0.4) is 0 Å². The van der Waals surface area contributed by atoms with E-state index in [0.717, 1.165) is 101 Å². The number of rotatable bonds is 4. The average Bonchev–Trinajstić information content (AvgIpc) is 4.08. The minimum Gasteiger partial charge on any atom is -0.504 e. The molecule has 75 heavy (non-hydrogen) atoms. The number of aromatic nitrogens is 1. The molecule has 1 aromatic heterocycles. The van der Waals surface area contributed by atoms with Crippen LogP contribution < -0.4 is 20.7 Å². The van der Waals surface area contributed by atoms with Crippen molar-refractivity contribution in [3.8, 4) is 23.3 Å². The molecule has 394 valence electrons. The summed E-state index contributed by atoms with van der Waals surface area (Å²) in [4.78, 5) is 33.0. The van der Waals surface area contributed by atoms with Crippen LogP contribution in [0.1, 0.15) is 123 Å². The zero-order valence-corrected chi connectivity index (χ0v) is 43.9. The molecular weight excluding hydrogens is 937 g/mol. The quantitative estimate of drug-likeness (QED) is 0.0639. The number of dihydropyridines is 1. The number of fused-ring (bicyclic) bond motifs is 11. The zero-order chi connectivity index (χ0) is 52.2. The van der Waals surface area contributed by atoms with Gasteiger partial charge in [-0.05, 0) is 161 Å². The Hall–Kier alpha value is -6.16. The number of allylic oxidation sites excluding steroid dienone is 2. The first-order valence-corrected chi connectivity index (χ1v) is 27.8. The number of methoxy groups -OCH3 is 1.